The number of hydrogen-bond acceptors (Lipinski definition) is 3. The molecule has 2 atom stereocenters. The highest BCUT2D eigenvalue weighted by atomic mass is 16.6. The van der Waals surface area contributed by atoms with Crippen LogP contribution in [0.1, 0.15) is 28.2 Å². The van der Waals surface area contributed by atoms with Gasteiger partial charge in [0.25, 0.3) is 0 Å². The first-order valence-electron chi connectivity index (χ1n) is 8.70. The van der Waals surface area contributed by atoms with Crippen LogP contribution in [0.5, 0.6) is 0 Å². The number of carboxylic acid groups (broad SMARTS) is 1. The van der Waals surface area contributed by atoms with E-state index < -0.39 is 18.0 Å². The van der Waals surface area contributed by atoms with Gasteiger partial charge in [0.1, 0.15) is 6.61 Å². The SMILES string of the molecule is Cc1cc(C)cc(C2CN(C(=O)OCc3ccccc3)CC2C(=O)O)c1. The topological polar surface area (TPSA) is 66.8 Å². The predicted octanol–water partition coefficient (Wildman–Crippen LogP) is 3.74. The molecule has 0 radical (unpaired) electrons. The molecular weight excluding hydrogens is 330 g/mol. The lowest BCUT2D eigenvalue weighted by atomic mass is 9.87. The molecule has 1 saturated heterocycles. The fraction of sp³-hybridized carbons (Fsp3) is 0.333. The van der Waals surface area contributed by atoms with E-state index in [4.69, 9.17) is 4.74 Å². The van der Waals surface area contributed by atoms with Gasteiger partial charge in [-0.15, -0.1) is 0 Å². The Kier molecular flexibility index (Phi) is 5.26. The summed E-state index contributed by atoms with van der Waals surface area (Å²) in [5, 5.41) is 9.61. The molecule has 0 bridgehead atoms. The number of carbonyl (C=O) groups excluding carboxylic acids is 1. The van der Waals surface area contributed by atoms with Crippen molar-refractivity contribution in [2.24, 2.45) is 5.92 Å². The lowest BCUT2D eigenvalue weighted by Gasteiger charge is -2.17. The van der Waals surface area contributed by atoms with Crippen LogP contribution in [0.3, 0.4) is 0 Å². The average Bonchev–Trinajstić information content (AvgIpc) is 3.05. The van der Waals surface area contributed by atoms with Crippen LogP contribution in [0.15, 0.2) is 48.5 Å². The first-order chi connectivity index (χ1) is 12.4. The number of amides is 1. The number of carbonyl (C=O) groups is 2. The summed E-state index contributed by atoms with van der Waals surface area (Å²) in [5.41, 5.74) is 4.05. The lowest BCUT2D eigenvalue weighted by molar-refractivity contribution is -0.141. The Labute approximate surface area is 153 Å². The van der Waals surface area contributed by atoms with Gasteiger partial charge < -0.3 is 14.7 Å². The minimum Gasteiger partial charge on any atom is -0.481 e. The number of likely N-dealkylation sites (tertiary alicyclic amines) is 1. The average molecular weight is 353 g/mol. The minimum absolute atomic E-state index is 0.167. The Morgan fingerprint density at radius 2 is 1.73 bits per heavy atom. The molecule has 1 N–H and O–H groups in total. The Morgan fingerprint density at radius 3 is 2.35 bits per heavy atom. The Morgan fingerprint density at radius 1 is 1.08 bits per heavy atom. The summed E-state index contributed by atoms with van der Waals surface area (Å²) < 4.78 is 5.37. The monoisotopic (exact) mass is 353 g/mol. The van der Waals surface area contributed by atoms with Crippen LogP contribution in [0.2, 0.25) is 0 Å². The molecule has 1 amide bonds. The maximum absolute atomic E-state index is 12.4. The van der Waals surface area contributed by atoms with E-state index >= 15 is 0 Å². The number of carboxylic acids is 1. The molecule has 1 fully saturated rings. The molecule has 26 heavy (non-hydrogen) atoms. The van der Waals surface area contributed by atoms with Crippen LogP contribution in [0.4, 0.5) is 4.79 Å². The van der Waals surface area contributed by atoms with Gasteiger partial charge in [-0.05, 0) is 25.0 Å². The van der Waals surface area contributed by atoms with Gasteiger partial charge in [0.05, 0.1) is 5.92 Å². The van der Waals surface area contributed by atoms with Gasteiger partial charge in [-0.25, -0.2) is 4.79 Å². The second-order valence-electron chi connectivity index (χ2n) is 6.92. The van der Waals surface area contributed by atoms with Crippen molar-refractivity contribution in [3.63, 3.8) is 0 Å². The molecule has 1 aliphatic heterocycles. The molecule has 1 heterocycles. The molecule has 2 unspecified atom stereocenters. The van der Waals surface area contributed by atoms with Crippen molar-refractivity contribution >= 4 is 12.1 Å². The van der Waals surface area contributed by atoms with Crippen LogP contribution in [-0.4, -0.2) is 35.2 Å². The minimum atomic E-state index is -0.882. The molecule has 5 heteroatoms. The number of hydrogen-bond donors (Lipinski definition) is 1. The summed E-state index contributed by atoms with van der Waals surface area (Å²) >= 11 is 0. The molecule has 136 valence electrons. The summed E-state index contributed by atoms with van der Waals surface area (Å²) in [6.07, 6.45) is -0.466. The van der Waals surface area contributed by atoms with Gasteiger partial charge in [-0.1, -0.05) is 59.7 Å². The van der Waals surface area contributed by atoms with E-state index in [1.54, 1.807) is 0 Å². The molecule has 0 aromatic heterocycles. The lowest BCUT2D eigenvalue weighted by Crippen LogP contribution is -2.30. The van der Waals surface area contributed by atoms with Crippen molar-refractivity contribution in [1.82, 2.24) is 4.90 Å². The zero-order chi connectivity index (χ0) is 18.7. The van der Waals surface area contributed by atoms with E-state index in [9.17, 15) is 14.7 Å². The van der Waals surface area contributed by atoms with Crippen molar-refractivity contribution in [3.05, 3.63) is 70.8 Å². The zero-order valence-electron chi connectivity index (χ0n) is 15.0. The van der Waals surface area contributed by atoms with Crippen LogP contribution in [-0.2, 0) is 16.1 Å². The third-order valence-electron chi connectivity index (χ3n) is 4.77. The first kappa shape index (κ1) is 18.0. The summed E-state index contributed by atoms with van der Waals surface area (Å²) in [6, 6.07) is 15.5. The van der Waals surface area contributed by atoms with Crippen molar-refractivity contribution in [1.29, 1.82) is 0 Å². The number of rotatable bonds is 4. The predicted molar refractivity (Wildman–Crippen MR) is 98.0 cm³/mol. The van der Waals surface area contributed by atoms with Crippen LogP contribution >= 0.6 is 0 Å². The number of ether oxygens (including phenoxy) is 1. The van der Waals surface area contributed by atoms with Crippen LogP contribution < -0.4 is 0 Å². The summed E-state index contributed by atoms with van der Waals surface area (Å²) in [6.45, 7) is 4.69. The standard InChI is InChI=1S/C21H23NO4/c1-14-8-15(2)10-17(9-14)18-11-22(12-19(18)20(23)24)21(25)26-13-16-6-4-3-5-7-16/h3-10,18-19H,11-13H2,1-2H3,(H,23,24). The maximum Gasteiger partial charge on any atom is 0.410 e. The highest BCUT2D eigenvalue weighted by molar-refractivity contribution is 5.75. The number of benzene rings is 2. The molecule has 3 rings (SSSR count). The smallest absolute Gasteiger partial charge is 0.410 e. The van der Waals surface area contributed by atoms with Gasteiger partial charge >= 0.3 is 12.1 Å². The van der Waals surface area contributed by atoms with Crippen LogP contribution in [0, 0.1) is 19.8 Å². The van der Waals surface area contributed by atoms with E-state index in [0.29, 0.717) is 6.54 Å². The highest BCUT2D eigenvalue weighted by Gasteiger charge is 2.41. The largest absolute Gasteiger partial charge is 0.481 e. The Balaban J connectivity index is 1.72. The number of aliphatic carboxylic acids is 1. The van der Waals surface area contributed by atoms with E-state index in [2.05, 4.69) is 6.07 Å². The third kappa shape index (κ3) is 4.04. The van der Waals surface area contributed by atoms with Crippen molar-refractivity contribution in [2.75, 3.05) is 13.1 Å². The molecule has 1 aliphatic rings. The zero-order valence-corrected chi connectivity index (χ0v) is 15.0. The van der Waals surface area contributed by atoms with E-state index in [1.807, 2.05) is 56.3 Å². The van der Waals surface area contributed by atoms with Gasteiger partial charge in [-0.3, -0.25) is 4.79 Å². The second-order valence-corrected chi connectivity index (χ2v) is 6.92. The third-order valence-corrected chi connectivity index (χ3v) is 4.77. The normalized spacial score (nSPS) is 19.4. The summed E-state index contributed by atoms with van der Waals surface area (Å²) in [7, 11) is 0. The fourth-order valence-electron chi connectivity index (χ4n) is 3.58. The Hall–Kier alpha value is -2.82. The van der Waals surface area contributed by atoms with E-state index in [-0.39, 0.29) is 19.1 Å². The second kappa shape index (κ2) is 7.60. The van der Waals surface area contributed by atoms with Gasteiger partial charge in [0.2, 0.25) is 0 Å². The maximum atomic E-state index is 12.4. The first-order valence-corrected chi connectivity index (χ1v) is 8.70. The molecular formula is C21H23NO4. The quantitative estimate of drug-likeness (QED) is 0.909. The van der Waals surface area contributed by atoms with Gasteiger partial charge in [0, 0.05) is 19.0 Å². The fourth-order valence-corrected chi connectivity index (χ4v) is 3.58. The van der Waals surface area contributed by atoms with E-state index in [1.165, 1.54) is 4.90 Å². The molecule has 0 aliphatic carbocycles. The number of nitrogens with zero attached hydrogens (tertiary/aromatic N) is 1. The van der Waals surface area contributed by atoms with Gasteiger partial charge in [-0.2, -0.15) is 0 Å². The van der Waals surface area contributed by atoms with Crippen molar-refractivity contribution in [2.45, 2.75) is 26.4 Å². The molecule has 2 aromatic carbocycles. The van der Waals surface area contributed by atoms with Crippen molar-refractivity contribution in [3.8, 4) is 0 Å². The van der Waals surface area contributed by atoms with Crippen molar-refractivity contribution < 1.29 is 19.4 Å². The molecule has 5 nitrogen and oxygen atoms in total. The molecule has 0 spiro atoms. The highest BCUT2D eigenvalue weighted by Crippen LogP contribution is 2.34. The number of aryl methyl sites for hydroxylation is 2. The summed E-state index contributed by atoms with van der Waals surface area (Å²) in [4.78, 5) is 25.6. The molecule has 2 aromatic rings. The molecule has 0 saturated carbocycles. The summed E-state index contributed by atoms with van der Waals surface area (Å²) in [5.74, 6) is -1.73. The van der Waals surface area contributed by atoms with Crippen LogP contribution in [0.25, 0.3) is 0 Å². The Bertz CT molecular complexity index is 783. The van der Waals surface area contributed by atoms with E-state index in [0.717, 1.165) is 22.3 Å². The van der Waals surface area contributed by atoms with Gasteiger partial charge in [0.15, 0.2) is 0 Å².